The maximum atomic E-state index is 13.2. The Balaban J connectivity index is 1.35. The van der Waals surface area contributed by atoms with Gasteiger partial charge in [0.1, 0.15) is 11.0 Å². The number of benzene rings is 3. The van der Waals surface area contributed by atoms with Gasteiger partial charge in [0, 0.05) is 11.3 Å². The lowest BCUT2D eigenvalue weighted by Gasteiger charge is -2.25. The molecule has 1 unspecified atom stereocenters. The van der Waals surface area contributed by atoms with Crippen molar-refractivity contribution in [3.63, 3.8) is 0 Å². The number of anilines is 1. The molecule has 1 aliphatic rings. The molecule has 0 bridgehead atoms. The Hall–Kier alpha value is -3.49. The van der Waals surface area contributed by atoms with Crippen LogP contribution in [-0.2, 0) is 4.79 Å². The highest BCUT2D eigenvalue weighted by atomic mass is 32.2. The second kappa shape index (κ2) is 9.40. The summed E-state index contributed by atoms with van der Waals surface area (Å²) in [7, 11) is 0. The molecule has 8 heteroatoms. The minimum atomic E-state index is -0.885. The first kappa shape index (κ1) is 22.3. The second-order valence-electron chi connectivity index (χ2n) is 7.88. The molecule has 1 N–H and O–H groups in total. The lowest BCUT2D eigenvalue weighted by atomic mass is 10.1. The maximum Gasteiger partial charge on any atom is 0.262 e. The van der Waals surface area contributed by atoms with Crippen LogP contribution < -0.4 is 5.32 Å². The van der Waals surface area contributed by atoms with Crippen molar-refractivity contribution >= 4 is 56.7 Å². The van der Waals surface area contributed by atoms with Gasteiger partial charge < -0.3 is 5.32 Å². The van der Waals surface area contributed by atoms with Crippen molar-refractivity contribution in [2.75, 3.05) is 17.3 Å². The van der Waals surface area contributed by atoms with Gasteiger partial charge in [-0.25, -0.2) is 4.98 Å². The van der Waals surface area contributed by atoms with Crippen LogP contribution in [0.25, 0.3) is 20.8 Å². The van der Waals surface area contributed by atoms with Gasteiger partial charge in [-0.15, -0.1) is 11.3 Å². The van der Waals surface area contributed by atoms with Gasteiger partial charge in [0.2, 0.25) is 5.91 Å². The van der Waals surface area contributed by atoms with Gasteiger partial charge in [-0.3, -0.25) is 19.3 Å². The zero-order chi connectivity index (χ0) is 23.7. The highest BCUT2D eigenvalue weighted by molar-refractivity contribution is 7.98. The van der Waals surface area contributed by atoms with Crippen LogP contribution >= 0.6 is 23.1 Å². The van der Waals surface area contributed by atoms with E-state index in [4.69, 9.17) is 0 Å². The Morgan fingerprint density at radius 3 is 2.26 bits per heavy atom. The van der Waals surface area contributed by atoms with Gasteiger partial charge in [0.05, 0.1) is 21.3 Å². The Kier molecular flexibility index (Phi) is 6.17. The second-order valence-corrected chi connectivity index (χ2v) is 9.89. The molecule has 0 fully saturated rings. The van der Waals surface area contributed by atoms with Crippen LogP contribution in [0.2, 0.25) is 0 Å². The SMILES string of the molecule is CSCCC(C(=O)Nc1ccc(-c2nc3ccccc3s2)cc1)N1C(=O)c2ccccc2C1=O. The molecule has 170 valence electrons. The fourth-order valence-electron chi connectivity index (χ4n) is 4.02. The molecular weight excluding hydrogens is 466 g/mol. The van der Waals surface area contributed by atoms with E-state index in [2.05, 4.69) is 10.3 Å². The molecule has 0 spiro atoms. The molecule has 0 saturated carbocycles. The number of para-hydroxylation sites is 1. The van der Waals surface area contributed by atoms with E-state index in [1.54, 1.807) is 47.4 Å². The van der Waals surface area contributed by atoms with Crippen LogP contribution in [0.3, 0.4) is 0 Å². The molecule has 5 rings (SSSR count). The summed E-state index contributed by atoms with van der Waals surface area (Å²) in [6.45, 7) is 0. The number of thiazole rings is 1. The minimum absolute atomic E-state index is 0.342. The molecule has 3 amide bonds. The smallest absolute Gasteiger partial charge is 0.262 e. The van der Waals surface area contributed by atoms with Crippen molar-refractivity contribution in [1.29, 1.82) is 0 Å². The van der Waals surface area contributed by atoms with Gasteiger partial charge in [0.25, 0.3) is 11.8 Å². The topological polar surface area (TPSA) is 79.4 Å². The lowest BCUT2D eigenvalue weighted by Crippen LogP contribution is -2.47. The first-order chi connectivity index (χ1) is 16.6. The molecule has 3 aromatic carbocycles. The van der Waals surface area contributed by atoms with E-state index in [0.29, 0.717) is 29.0 Å². The van der Waals surface area contributed by atoms with E-state index in [-0.39, 0.29) is 5.91 Å². The molecule has 4 aromatic rings. The Labute approximate surface area is 205 Å². The first-order valence-corrected chi connectivity index (χ1v) is 13.0. The maximum absolute atomic E-state index is 13.2. The summed E-state index contributed by atoms with van der Waals surface area (Å²) in [5.74, 6) is -0.584. The molecule has 0 aliphatic carbocycles. The number of carbonyl (C=O) groups is 3. The average molecular weight is 488 g/mol. The standard InChI is InChI=1S/C26H21N3O3S2/c1-33-15-14-21(29-25(31)18-6-2-3-7-19(18)26(29)32)23(30)27-17-12-10-16(11-13-17)24-28-20-8-4-5-9-22(20)34-24/h2-13,21H,14-15H2,1H3,(H,27,30). The number of hydrogen-bond acceptors (Lipinski definition) is 6. The predicted molar refractivity (Wildman–Crippen MR) is 137 cm³/mol. The molecule has 1 aromatic heterocycles. The quantitative estimate of drug-likeness (QED) is 0.357. The van der Waals surface area contributed by atoms with Gasteiger partial charge >= 0.3 is 0 Å². The monoisotopic (exact) mass is 487 g/mol. The highest BCUT2D eigenvalue weighted by Crippen LogP contribution is 2.31. The van der Waals surface area contributed by atoms with E-state index < -0.39 is 17.9 Å². The van der Waals surface area contributed by atoms with E-state index in [1.807, 2.05) is 54.8 Å². The molecule has 0 radical (unpaired) electrons. The zero-order valence-corrected chi connectivity index (χ0v) is 20.0. The van der Waals surface area contributed by atoms with Crippen LogP contribution in [0.5, 0.6) is 0 Å². The Bertz CT molecular complexity index is 1330. The molecule has 34 heavy (non-hydrogen) atoms. The number of aromatic nitrogens is 1. The third kappa shape index (κ3) is 4.10. The third-order valence-corrected chi connectivity index (χ3v) is 7.46. The molecular formula is C26H21N3O3S2. The van der Waals surface area contributed by atoms with Crippen molar-refractivity contribution in [1.82, 2.24) is 9.88 Å². The zero-order valence-electron chi connectivity index (χ0n) is 18.4. The Morgan fingerprint density at radius 1 is 0.971 bits per heavy atom. The van der Waals surface area contributed by atoms with E-state index in [0.717, 1.165) is 25.7 Å². The molecule has 1 atom stereocenters. The Morgan fingerprint density at radius 2 is 1.62 bits per heavy atom. The van der Waals surface area contributed by atoms with Crippen molar-refractivity contribution in [2.24, 2.45) is 0 Å². The molecule has 0 saturated heterocycles. The number of nitrogens with zero attached hydrogens (tertiary/aromatic N) is 2. The van der Waals surface area contributed by atoms with Crippen LogP contribution in [0, 0.1) is 0 Å². The number of fused-ring (bicyclic) bond motifs is 2. The summed E-state index contributed by atoms with van der Waals surface area (Å²) in [6.07, 6.45) is 2.31. The first-order valence-electron chi connectivity index (χ1n) is 10.8. The van der Waals surface area contributed by atoms with E-state index >= 15 is 0 Å². The average Bonchev–Trinajstić information content (AvgIpc) is 3.40. The molecule has 2 heterocycles. The molecule has 1 aliphatic heterocycles. The summed E-state index contributed by atoms with van der Waals surface area (Å²) in [6, 6.07) is 21.2. The summed E-state index contributed by atoms with van der Waals surface area (Å²) >= 11 is 3.18. The predicted octanol–water partition coefficient (Wildman–Crippen LogP) is 5.32. The number of imide groups is 1. The van der Waals surface area contributed by atoms with E-state index in [1.165, 1.54) is 0 Å². The van der Waals surface area contributed by atoms with Crippen molar-refractivity contribution < 1.29 is 14.4 Å². The summed E-state index contributed by atoms with van der Waals surface area (Å²) in [5, 5.41) is 3.80. The molecule has 6 nitrogen and oxygen atoms in total. The van der Waals surface area contributed by atoms with Crippen molar-refractivity contribution in [2.45, 2.75) is 12.5 Å². The van der Waals surface area contributed by atoms with Gasteiger partial charge in [-0.1, -0.05) is 24.3 Å². The van der Waals surface area contributed by atoms with E-state index in [9.17, 15) is 14.4 Å². The van der Waals surface area contributed by atoms with Gasteiger partial charge in [-0.2, -0.15) is 11.8 Å². The summed E-state index contributed by atoms with van der Waals surface area (Å²) < 4.78 is 1.12. The number of hydrogen-bond donors (Lipinski definition) is 1. The fraction of sp³-hybridized carbons (Fsp3) is 0.154. The van der Waals surface area contributed by atoms with Gasteiger partial charge in [0.15, 0.2) is 0 Å². The third-order valence-electron chi connectivity index (χ3n) is 5.73. The number of thioether (sulfide) groups is 1. The number of rotatable bonds is 7. The van der Waals surface area contributed by atoms with Crippen LogP contribution in [0.1, 0.15) is 27.1 Å². The van der Waals surface area contributed by atoms with Crippen molar-refractivity contribution in [3.8, 4) is 10.6 Å². The summed E-state index contributed by atoms with van der Waals surface area (Å²) in [5.41, 5.74) is 3.20. The largest absolute Gasteiger partial charge is 0.324 e. The van der Waals surface area contributed by atoms with Crippen LogP contribution in [-0.4, -0.2) is 45.7 Å². The van der Waals surface area contributed by atoms with Gasteiger partial charge in [-0.05, 0) is 67.0 Å². The highest BCUT2D eigenvalue weighted by Gasteiger charge is 2.42. The number of nitrogens with one attached hydrogen (secondary N) is 1. The van der Waals surface area contributed by atoms with Crippen molar-refractivity contribution in [3.05, 3.63) is 83.9 Å². The fourth-order valence-corrected chi connectivity index (χ4v) is 5.45. The summed E-state index contributed by atoms with van der Waals surface area (Å²) in [4.78, 5) is 44.9. The van der Waals surface area contributed by atoms with Crippen LogP contribution in [0.4, 0.5) is 5.69 Å². The number of amides is 3. The van der Waals surface area contributed by atoms with Crippen LogP contribution in [0.15, 0.2) is 72.8 Å². The normalized spacial score (nSPS) is 13.9. The number of carbonyl (C=O) groups excluding carboxylic acids is 3. The minimum Gasteiger partial charge on any atom is -0.324 e. The lowest BCUT2D eigenvalue weighted by molar-refractivity contribution is -0.120.